The summed E-state index contributed by atoms with van der Waals surface area (Å²) in [6.45, 7) is 1.80. The van der Waals surface area contributed by atoms with Crippen LogP contribution in [0.3, 0.4) is 0 Å². The van der Waals surface area contributed by atoms with Crippen LogP contribution in [0.25, 0.3) is 5.52 Å². The van der Waals surface area contributed by atoms with E-state index in [1.165, 1.54) is 6.07 Å². The van der Waals surface area contributed by atoms with E-state index in [-0.39, 0.29) is 34.5 Å². The molecule has 1 spiro atoms. The molecule has 0 radical (unpaired) electrons. The quantitative estimate of drug-likeness (QED) is 0.522. The van der Waals surface area contributed by atoms with Gasteiger partial charge in [-0.1, -0.05) is 12.5 Å². The molecule has 36 heavy (non-hydrogen) atoms. The van der Waals surface area contributed by atoms with Crippen LogP contribution in [-0.4, -0.2) is 40.8 Å². The van der Waals surface area contributed by atoms with Gasteiger partial charge in [-0.15, -0.1) is 0 Å². The molecule has 0 bridgehead atoms. The SMILES string of the molecule is COc1c(C)c(C(=O)c2ccc(N3C(N)=NC(N)=NC34CCCCC4)c(C(=O)[O-])c2)n2ccccc12. The number of carbonyl (C=O) groups is 2. The maximum atomic E-state index is 13.7. The van der Waals surface area contributed by atoms with Crippen LogP contribution in [0.2, 0.25) is 0 Å². The van der Waals surface area contributed by atoms with Gasteiger partial charge in [0.25, 0.3) is 0 Å². The number of nitrogens with zero attached hydrogens (tertiary/aromatic N) is 4. The van der Waals surface area contributed by atoms with E-state index in [9.17, 15) is 14.7 Å². The Morgan fingerprint density at radius 3 is 2.56 bits per heavy atom. The highest BCUT2D eigenvalue weighted by atomic mass is 16.5. The van der Waals surface area contributed by atoms with E-state index in [4.69, 9.17) is 16.2 Å². The van der Waals surface area contributed by atoms with Gasteiger partial charge in [-0.2, -0.15) is 4.99 Å². The fourth-order valence-electron chi connectivity index (χ4n) is 5.48. The Morgan fingerprint density at radius 2 is 1.86 bits per heavy atom. The van der Waals surface area contributed by atoms with Crippen LogP contribution in [0.1, 0.15) is 64.1 Å². The molecule has 1 aromatic carbocycles. The van der Waals surface area contributed by atoms with Crippen LogP contribution in [0.4, 0.5) is 5.69 Å². The average Bonchev–Trinajstić information content (AvgIpc) is 3.14. The number of pyridine rings is 1. The molecule has 1 saturated carbocycles. The number of carboxylic acids is 1. The number of ether oxygens (including phenoxy) is 1. The molecule has 0 unspecified atom stereocenters. The first-order valence-electron chi connectivity index (χ1n) is 11.8. The highest BCUT2D eigenvalue weighted by Crippen LogP contribution is 2.41. The number of hydrogen-bond donors (Lipinski definition) is 2. The molecule has 10 nitrogen and oxygen atoms in total. The fraction of sp³-hybridized carbons (Fsp3) is 0.308. The number of ketones is 1. The van der Waals surface area contributed by atoms with Crippen molar-refractivity contribution in [3.05, 3.63) is 65.0 Å². The monoisotopic (exact) mass is 487 g/mol. The maximum Gasteiger partial charge on any atom is 0.220 e. The van der Waals surface area contributed by atoms with Crippen LogP contribution in [0, 0.1) is 6.92 Å². The summed E-state index contributed by atoms with van der Waals surface area (Å²) in [5, 5.41) is 12.3. The summed E-state index contributed by atoms with van der Waals surface area (Å²) in [6, 6.07) is 10.0. The first-order chi connectivity index (χ1) is 17.3. The lowest BCUT2D eigenvalue weighted by Crippen LogP contribution is -2.58. The minimum absolute atomic E-state index is 0.0594. The molecule has 10 heteroatoms. The zero-order valence-corrected chi connectivity index (χ0v) is 20.2. The highest BCUT2D eigenvalue weighted by molar-refractivity contribution is 6.13. The van der Waals surface area contributed by atoms with Gasteiger partial charge in [0.1, 0.15) is 17.1 Å². The number of hydrogen-bond acceptors (Lipinski definition) is 9. The molecule has 1 aliphatic carbocycles. The van der Waals surface area contributed by atoms with Crippen molar-refractivity contribution in [1.29, 1.82) is 0 Å². The second kappa shape index (κ2) is 8.71. The van der Waals surface area contributed by atoms with Crippen molar-refractivity contribution in [3.63, 3.8) is 0 Å². The molecule has 1 fully saturated rings. The summed E-state index contributed by atoms with van der Waals surface area (Å²) in [6.07, 6.45) is 5.88. The van der Waals surface area contributed by atoms with Crippen LogP contribution in [0.5, 0.6) is 5.75 Å². The van der Waals surface area contributed by atoms with Gasteiger partial charge >= 0.3 is 0 Å². The predicted molar refractivity (Wildman–Crippen MR) is 134 cm³/mol. The standard InChI is InChI=1S/C26H28N6O4/c1-15-20(31-13-7-4-8-19(31)22(15)36-2)21(33)16-9-10-18(17(14-16)23(34)35)32-25(28)29-24(27)30-26(32)11-5-3-6-12-26/h4,7-10,13-14H,3,5-6,11-12H2,1-2H3,(H,34,35)(H4,27,28,29,30)/p-1. The predicted octanol–water partition coefficient (Wildman–Crippen LogP) is 1.96. The summed E-state index contributed by atoms with van der Waals surface area (Å²) < 4.78 is 7.28. The first kappa shape index (κ1) is 23.4. The number of anilines is 1. The Hall–Kier alpha value is -4.34. The first-order valence-corrected chi connectivity index (χ1v) is 11.8. The summed E-state index contributed by atoms with van der Waals surface area (Å²) >= 11 is 0. The number of guanidine groups is 2. The molecular formula is C26H27N6O4-. The molecule has 0 atom stereocenters. The molecule has 2 aliphatic rings. The number of fused-ring (bicyclic) bond motifs is 1. The molecule has 0 saturated heterocycles. The van der Waals surface area contributed by atoms with Crippen molar-refractivity contribution in [3.8, 4) is 5.75 Å². The summed E-state index contributed by atoms with van der Waals surface area (Å²) in [5.74, 6) is -1.07. The van der Waals surface area contributed by atoms with E-state index in [1.807, 2.05) is 18.2 Å². The Morgan fingerprint density at radius 1 is 1.11 bits per heavy atom. The van der Waals surface area contributed by atoms with Gasteiger partial charge in [0.2, 0.25) is 17.7 Å². The van der Waals surface area contributed by atoms with E-state index < -0.39 is 11.6 Å². The number of aromatic carboxylic acids is 1. The lowest BCUT2D eigenvalue weighted by molar-refractivity contribution is -0.254. The Bertz CT molecular complexity index is 1450. The van der Waals surface area contributed by atoms with Gasteiger partial charge in [0.05, 0.1) is 24.3 Å². The molecule has 1 aliphatic heterocycles. The fourth-order valence-corrected chi connectivity index (χ4v) is 5.48. The number of aliphatic imine (C=N–C) groups is 2. The van der Waals surface area contributed by atoms with Crippen molar-refractivity contribution in [2.45, 2.75) is 44.7 Å². The Kier molecular flexibility index (Phi) is 5.66. The molecule has 2 aromatic heterocycles. The van der Waals surface area contributed by atoms with Crippen molar-refractivity contribution in [1.82, 2.24) is 4.40 Å². The van der Waals surface area contributed by atoms with Crippen LogP contribution in [-0.2, 0) is 0 Å². The average molecular weight is 488 g/mol. The number of carboxylic acid groups (broad SMARTS) is 1. The number of carbonyl (C=O) groups excluding carboxylic acids is 2. The topological polar surface area (TPSA) is 151 Å². The molecule has 0 amide bonds. The smallest absolute Gasteiger partial charge is 0.220 e. The highest BCUT2D eigenvalue weighted by Gasteiger charge is 2.43. The molecule has 186 valence electrons. The Labute approximate surface area is 207 Å². The molecule has 3 heterocycles. The zero-order chi connectivity index (χ0) is 25.6. The minimum Gasteiger partial charge on any atom is -0.545 e. The van der Waals surface area contributed by atoms with E-state index in [0.29, 0.717) is 29.8 Å². The van der Waals surface area contributed by atoms with Crippen molar-refractivity contribution in [2.24, 2.45) is 21.5 Å². The molecular weight excluding hydrogens is 460 g/mol. The minimum atomic E-state index is -1.43. The van der Waals surface area contributed by atoms with Crippen molar-refractivity contribution < 1.29 is 19.4 Å². The molecule has 4 N–H and O–H groups in total. The van der Waals surface area contributed by atoms with E-state index in [1.54, 1.807) is 41.7 Å². The third kappa shape index (κ3) is 3.57. The summed E-state index contributed by atoms with van der Waals surface area (Å²) in [5.41, 5.74) is 13.5. The number of rotatable bonds is 5. The lowest BCUT2D eigenvalue weighted by atomic mass is 9.86. The number of aromatic nitrogens is 1. The van der Waals surface area contributed by atoms with Crippen molar-refractivity contribution >= 4 is 34.9 Å². The van der Waals surface area contributed by atoms with Gasteiger partial charge in [-0.3, -0.25) is 9.69 Å². The van der Waals surface area contributed by atoms with E-state index >= 15 is 0 Å². The molecule has 3 aromatic rings. The van der Waals surface area contributed by atoms with E-state index in [0.717, 1.165) is 24.8 Å². The number of benzene rings is 1. The van der Waals surface area contributed by atoms with Gasteiger partial charge in [-0.05, 0) is 62.9 Å². The van der Waals surface area contributed by atoms with Crippen LogP contribution >= 0.6 is 0 Å². The van der Waals surface area contributed by atoms with Gasteiger partial charge in [0, 0.05) is 22.9 Å². The van der Waals surface area contributed by atoms with Gasteiger partial charge < -0.3 is 30.5 Å². The normalized spacial score (nSPS) is 17.1. The van der Waals surface area contributed by atoms with Crippen molar-refractivity contribution in [2.75, 3.05) is 12.0 Å². The second-order valence-electron chi connectivity index (χ2n) is 9.13. The third-order valence-electron chi connectivity index (χ3n) is 7.02. The summed E-state index contributed by atoms with van der Waals surface area (Å²) in [4.78, 5) is 36.3. The van der Waals surface area contributed by atoms with Crippen LogP contribution < -0.4 is 26.2 Å². The maximum absolute atomic E-state index is 13.7. The van der Waals surface area contributed by atoms with Gasteiger partial charge in [-0.25, -0.2) is 4.99 Å². The lowest BCUT2D eigenvalue weighted by Gasteiger charge is -2.46. The third-order valence-corrected chi connectivity index (χ3v) is 7.02. The number of methoxy groups -OCH3 is 1. The Balaban J connectivity index is 1.63. The van der Waals surface area contributed by atoms with E-state index in [2.05, 4.69) is 9.98 Å². The summed E-state index contributed by atoms with van der Waals surface area (Å²) in [7, 11) is 1.55. The van der Waals surface area contributed by atoms with Gasteiger partial charge in [0.15, 0.2) is 0 Å². The second-order valence-corrected chi connectivity index (χ2v) is 9.13. The number of nitrogens with two attached hydrogens (primary N) is 2. The largest absolute Gasteiger partial charge is 0.545 e. The zero-order valence-electron chi connectivity index (χ0n) is 20.2. The van der Waals surface area contributed by atoms with Crippen LogP contribution in [0.15, 0.2) is 52.6 Å². The molecule has 5 rings (SSSR count).